The third kappa shape index (κ3) is 14.2. The van der Waals surface area contributed by atoms with Crippen molar-refractivity contribution in [1.29, 1.82) is 0 Å². The SMILES string of the molecule is CCCCCCCCCCC(O)C1CCC(C2CCC(C(O)CCCCCCCCCCC(O)CC3=CC(C)OC3=O)C2)C1. The van der Waals surface area contributed by atoms with Gasteiger partial charge in [-0.25, -0.2) is 4.79 Å². The fourth-order valence-corrected chi connectivity index (χ4v) is 8.55. The molecule has 0 amide bonds. The highest BCUT2D eigenvalue weighted by atomic mass is 16.5. The van der Waals surface area contributed by atoms with Gasteiger partial charge in [-0.15, -0.1) is 0 Å². The first kappa shape index (κ1) is 37.5. The number of cyclic esters (lactones) is 1. The normalized spacial score (nSPS) is 27.4. The summed E-state index contributed by atoms with van der Waals surface area (Å²) < 4.78 is 5.10. The molecular weight excluding hydrogens is 548 g/mol. The second-order valence-corrected chi connectivity index (χ2v) is 15.1. The summed E-state index contributed by atoms with van der Waals surface area (Å²) in [5, 5.41) is 32.0. The minimum Gasteiger partial charge on any atom is -0.455 e. The monoisotopic (exact) mass is 619 g/mol. The van der Waals surface area contributed by atoms with Crippen molar-refractivity contribution in [1.82, 2.24) is 0 Å². The molecule has 5 nitrogen and oxygen atoms in total. The Morgan fingerprint density at radius 1 is 0.659 bits per heavy atom. The molecule has 3 N–H and O–H groups in total. The molecule has 0 aromatic heterocycles. The van der Waals surface area contributed by atoms with Crippen LogP contribution in [-0.2, 0) is 9.53 Å². The number of unbranched alkanes of at least 4 members (excludes halogenated alkanes) is 14. The van der Waals surface area contributed by atoms with E-state index in [1.54, 1.807) is 0 Å². The standard InChI is InChI=1S/C39H70O5/c1-3-4-5-6-7-11-14-17-20-37(41)33-24-22-31(27-33)32-23-25-34(28-32)38(42)21-18-15-12-9-8-10-13-16-19-36(40)29-35-26-30(2)44-39(35)43/h26,30-34,36-38,40-42H,3-25,27-29H2,1-2H3. The number of ether oxygens (including phenoxy) is 1. The highest BCUT2D eigenvalue weighted by Gasteiger charge is 2.39. The summed E-state index contributed by atoms with van der Waals surface area (Å²) in [5.41, 5.74) is 0.630. The maximum absolute atomic E-state index is 11.7. The van der Waals surface area contributed by atoms with Crippen LogP contribution in [0.25, 0.3) is 0 Å². The minimum atomic E-state index is -0.446. The van der Waals surface area contributed by atoms with Crippen LogP contribution in [0.2, 0.25) is 0 Å². The predicted octanol–water partition coefficient (Wildman–Crippen LogP) is 9.60. The van der Waals surface area contributed by atoms with Crippen LogP contribution >= 0.6 is 0 Å². The number of hydrogen-bond acceptors (Lipinski definition) is 5. The van der Waals surface area contributed by atoms with Gasteiger partial charge in [-0.05, 0) is 94.5 Å². The van der Waals surface area contributed by atoms with Gasteiger partial charge < -0.3 is 20.1 Å². The Morgan fingerprint density at radius 2 is 1.09 bits per heavy atom. The number of rotatable bonds is 25. The van der Waals surface area contributed by atoms with E-state index in [-0.39, 0.29) is 24.3 Å². The summed E-state index contributed by atoms with van der Waals surface area (Å²) in [6, 6.07) is 0. The maximum atomic E-state index is 11.7. The van der Waals surface area contributed by atoms with Crippen LogP contribution in [-0.4, -0.2) is 45.7 Å². The lowest BCUT2D eigenvalue weighted by atomic mass is 9.85. The van der Waals surface area contributed by atoms with Gasteiger partial charge in [0.25, 0.3) is 0 Å². The fourth-order valence-electron chi connectivity index (χ4n) is 8.55. The topological polar surface area (TPSA) is 87.0 Å². The van der Waals surface area contributed by atoms with E-state index in [1.165, 1.54) is 122 Å². The van der Waals surface area contributed by atoms with Crippen LogP contribution in [0.1, 0.15) is 181 Å². The molecule has 2 fully saturated rings. The van der Waals surface area contributed by atoms with Crippen molar-refractivity contribution < 1.29 is 24.9 Å². The highest BCUT2D eigenvalue weighted by molar-refractivity contribution is 5.90. The lowest BCUT2D eigenvalue weighted by molar-refractivity contribution is -0.139. The van der Waals surface area contributed by atoms with E-state index in [2.05, 4.69) is 6.92 Å². The first-order chi connectivity index (χ1) is 21.4. The van der Waals surface area contributed by atoms with Crippen molar-refractivity contribution in [3.05, 3.63) is 11.6 Å². The number of carbonyl (C=O) groups is 1. The third-order valence-corrected chi connectivity index (χ3v) is 11.4. The van der Waals surface area contributed by atoms with E-state index in [1.807, 2.05) is 13.0 Å². The second kappa shape index (κ2) is 21.8. The molecule has 0 bridgehead atoms. The lowest BCUT2D eigenvalue weighted by Gasteiger charge is -2.22. The molecule has 2 aliphatic carbocycles. The van der Waals surface area contributed by atoms with Gasteiger partial charge in [0.2, 0.25) is 0 Å². The largest absolute Gasteiger partial charge is 0.455 e. The van der Waals surface area contributed by atoms with Crippen LogP contribution in [0.15, 0.2) is 11.6 Å². The van der Waals surface area contributed by atoms with Gasteiger partial charge in [-0.3, -0.25) is 0 Å². The van der Waals surface area contributed by atoms with Crippen molar-refractivity contribution in [2.24, 2.45) is 23.7 Å². The van der Waals surface area contributed by atoms with E-state index in [9.17, 15) is 20.1 Å². The van der Waals surface area contributed by atoms with E-state index in [4.69, 9.17) is 4.74 Å². The molecule has 0 saturated heterocycles. The first-order valence-electron chi connectivity index (χ1n) is 19.3. The summed E-state index contributed by atoms with van der Waals surface area (Å²) in [7, 11) is 0. The van der Waals surface area contributed by atoms with Crippen LogP contribution in [0.5, 0.6) is 0 Å². The number of carbonyl (C=O) groups excluding carboxylic acids is 1. The second-order valence-electron chi connectivity index (χ2n) is 15.1. The maximum Gasteiger partial charge on any atom is 0.334 e. The summed E-state index contributed by atoms with van der Waals surface area (Å²) in [6.07, 6.45) is 31.7. The zero-order valence-electron chi connectivity index (χ0n) is 28.7. The molecule has 8 atom stereocenters. The van der Waals surface area contributed by atoms with Crippen LogP contribution < -0.4 is 0 Å². The molecular formula is C39H70O5. The number of hydrogen-bond donors (Lipinski definition) is 3. The van der Waals surface area contributed by atoms with Crippen LogP contribution in [0, 0.1) is 23.7 Å². The zero-order valence-corrected chi connectivity index (χ0v) is 28.7. The van der Waals surface area contributed by atoms with E-state index in [0.29, 0.717) is 23.8 Å². The van der Waals surface area contributed by atoms with Gasteiger partial charge in [0.15, 0.2) is 0 Å². The minimum absolute atomic E-state index is 0.0896. The summed E-state index contributed by atoms with van der Waals surface area (Å²) in [4.78, 5) is 11.7. The van der Waals surface area contributed by atoms with E-state index in [0.717, 1.165) is 50.4 Å². The molecule has 0 aromatic carbocycles. The molecule has 1 heterocycles. The molecule has 2 saturated carbocycles. The van der Waals surface area contributed by atoms with Crippen molar-refractivity contribution in [3.8, 4) is 0 Å². The Balaban J connectivity index is 1.13. The number of aliphatic hydroxyl groups is 3. The van der Waals surface area contributed by atoms with Crippen molar-refractivity contribution in [2.45, 2.75) is 205 Å². The quantitative estimate of drug-likeness (QED) is 0.0700. The Morgan fingerprint density at radius 3 is 1.52 bits per heavy atom. The van der Waals surface area contributed by atoms with Crippen LogP contribution in [0.3, 0.4) is 0 Å². The van der Waals surface area contributed by atoms with Gasteiger partial charge in [0, 0.05) is 12.0 Å². The molecule has 0 radical (unpaired) electrons. The lowest BCUT2D eigenvalue weighted by Crippen LogP contribution is -2.20. The van der Waals surface area contributed by atoms with Gasteiger partial charge in [0.05, 0.1) is 18.3 Å². The van der Waals surface area contributed by atoms with Gasteiger partial charge in [-0.1, -0.05) is 110 Å². The molecule has 0 aromatic rings. The molecule has 44 heavy (non-hydrogen) atoms. The van der Waals surface area contributed by atoms with E-state index >= 15 is 0 Å². The van der Waals surface area contributed by atoms with E-state index < -0.39 is 6.10 Å². The van der Waals surface area contributed by atoms with Gasteiger partial charge in [-0.2, -0.15) is 0 Å². The summed E-state index contributed by atoms with van der Waals surface area (Å²) in [6.45, 7) is 4.12. The molecule has 5 heteroatoms. The fraction of sp³-hybridized carbons (Fsp3) is 0.923. The van der Waals surface area contributed by atoms with Crippen LogP contribution in [0.4, 0.5) is 0 Å². The van der Waals surface area contributed by atoms with Gasteiger partial charge >= 0.3 is 5.97 Å². The number of esters is 1. The molecule has 1 aliphatic heterocycles. The summed E-state index contributed by atoms with van der Waals surface area (Å²) in [5.74, 6) is 2.30. The molecule has 0 spiro atoms. The highest BCUT2D eigenvalue weighted by Crippen LogP contribution is 2.47. The molecule has 3 aliphatic rings. The average molecular weight is 619 g/mol. The summed E-state index contributed by atoms with van der Waals surface area (Å²) >= 11 is 0. The molecule has 256 valence electrons. The first-order valence-corrected chi connectivity index (χ1v) is 19.3. The molecule has 3 rings (SSSR count). The Bertz CT molecular complexity index is 795. The zero-order chi connectivity index (χ0) is 31.6. The third-order valence-electron chi connectivity index (χ3n) is 11.4. The van der Waals surface area contributed by atoms with Crippen molar-refractivity contribution >= 4 is 5.97 Å². The predicted molar refractivity (Wildman–Crippen MR) is 181 cm³/mol. The Labute approximate surface area is 271 Å². The smallest absolute Gasteiger partial charge is 0.334 e. The van der Waals surface area contributed by atoms with Crippen molar-refractivity contribution in [2.75, 3.05) is 0 Å². The number of aliphatic hydroxyl groups excluding tert-OH is 3. The van der Waals surface area contributed by atoms with Crippen molar-refractivity contribution in [3.63, 3.8) is 0 Å². The van der Waals surface area contributed by atoms with Gasteiger partial charge in [0.1, 0.15) is 6.10 Å². The Kier molecular flexibility index (Phi) is 18.6. The average Bonchev–Trinajstić information content (AvgIpc) is 3.75. The Hall–Kier alpha value is -0.910. The molecule has 8 unspecified atom stereocenters.